The summed E-state index contributed by atoms with van der Waals surface area (Å²) < 4.78 is 36.6. The van der Waals surface area contributed by atoms with E-state index in [0.717, 1.165) is 19.4 Å². The summed E-state index contributed by atoms with van der Waals surface area (Å²) in [5.74, 6) is -0.401. The number of nitrogens with zero attached hydrogens (tertiary/aromatic N) is 7. The summed E-state index contributed by atoms with van der Waals surface area (Å²) in [6.45, 7) is 1.23. The third-order valence-electron chi connectivity index (χ3n) is 6.20. The Morgan fingerprint density at radius 1 is 1.22 bits per heavy atom. The summed E-state index contributed by atoms with van der Waals surface area (Å²) in [6.07, 6.45) is 4.77. The maximum absolute atomic E-state index is 15.4. The van der Waals surface area contributed by atoms with Gasteiger partial charge in [-0.1, -0.05) is 12.1 Å². The van der Waals surface area contributed by atoms with Gasteiger partial charge in [0.15, 0.2) is 17.2 Å². The van der Waals surface area contributed by atoms with Gasteiger partial charge in [-0.2, -0.15) is 10.4 Å². The second-order valence-electron chi connectivity index (χ2n) is 8.45. The van der Waals surface area contributed by atoms with E-state index >= 15 is 4.39 Å². The standard InChI is InChI=1S/C25H23F2N9O/c1-30-25(31-13-28)35-10-4-5-15(12-35)36-24-21(23(29)32-14-33-24)22(34-36)17-9-8-16(11-19(17)27)37-20-7-3-2-6-18(20)26/h2-3,6-9,11,14-15H,4-5,10,12H2,1H3,(H,30,31)(H2,29,32,33). The molecule has 1 fully saturated rings. The fourth-order valence-corrected chi connectivity index (χ4v) is 4.52. The number of hydrogen-bond acceptors (Lipinski definition) is 7. The number of ether oxygens (including phenoxy) is 1. The van der Waals surface area contributed by atoms with Crippen molar-refractivity contribution in [1.82, 2.24) is 30.0 Å². The normalized spacial score (nSPS) is 16.0. The van der Waals surface area contributed by atoms with Crippen molar-refractivity contribution < 1.29 is 13.5 Å². The van der Waals surface area contributed by atoms with E-state index in [0.29, 0.717) is 29.2 Å². The Morgan fingerprint density at radius 2 is 2.05 bits per heavy atom. The molecule has 2 aromatic heterocycles. The number of guanidine groups is 1. The first-order valence-corrected chi connectivity index (χ1v) is 11.6. The van der Waals surface area contributed by atoms with Crippen molar-refractivity contribution in [3.05, 3.63) is 60.4 Å². The average Bonchev–Trinajstić information content (AvgIpc) is 3.29. The van der Waals surface area contributed by atoms with Gasteiger partial charge in [-0.3, -0.25) is 0 Å². The summed E-state index contributed by atoms with van der Waals surface area (Å²) in [7, 11) is 1.71. The highest BCUT2D eigenvalue weighted by atomic mass is 19.1. The van der Waals surface area contributed by atoms with E-state index in [4.69, 9.17) is 20.8 Å². The number of para-hydroxylation sites is 1. The van der Waals surface area contributed by atoms with Crippen LogP contribution in [0.5, 0.6) is 11.5 Å². The van der Waals surface area contributed by atoms with Crippen molar-refractivity contribution in [2.24, 2.45) is 4.99 Å². The number of piperidine rings is 1. The van der Waals surface area contributed by atoms with Crippen LogP contribution in [0.4, 0.5) is 14.6 Å². The Kier molecular flexibility index (Phi) is 6.51. The summed E-state index contributed by atoms with van der Waals surface area (Å²) in [5.41, 5.74) is 7.15. The molecule has 0 amide bonds. The molecule has 0 spiro atoms. The van der Waals surface area contributed by atoms with Crippen LogP contribution in [0.15, 0.2) is 53.8 Å². The number of nitrogen functional groups attached to an aromatic ring is 1. The number of fused-ring (bicyclic) bond motifs is 1. The van der Waals surface area contributed by atoms with E-state index in [9.17, 15) is 4.39 Å². The zero-order valence-corrected chi connectivity index (χ0v) is 19.9. The first-order chi connectivity index (χ1) is 18.0. The van der Waals surface area contributed by atoms with Crippen molar-refractivity contribution in [1.29, 1.82) is 5.26 Å². The van der Waals surface area contributed by atoms with Gasteiger partial charge in [-0.25, -0.2) is 23.4 Å². The molecular formula is C25H23F2N9O. The van der Waals surface area contributed by atoms with Gasteiger partial charge in [0.1, 0.15) is 29.4 Å². The van der Waals surface area contributed by atoms with Crippen molar-refractivity contribution in [2.75, 3.05) is 25.9 Å². The van der Waals surface area contributed by atoms with Crippen LogP contribution in [-0.2, 0) is 0 Å². The summed E-state index contributed by atoms with van der Waals surface area (Å²) in [5, 5.41) is 17.1. The van der Waals surface area contributed by atoms with E-state index < -0.39 is 11.6 Å². The van der Waals surface area contributed by atoms with Crippen LogP contribution >= 0.6 is 0 Å². The number of halogens is 2. The van der Waals surface area contributed by atoms with Crippen LogP contribution in [0, 0.1) is 23.1 Å². The average molecular weight is 504 g/mol. The predicted molar refractivity (Wildman–Crippen MR) is 134 cm³/mol. The van der Waals surface area contributed by atoms with Gasteiger partial charge in [0.2, 0.25) is 12.2 Å². The molecule has 4 aromatic rings. The Balaban J connectivity index is 1.53. The number of hydrogen-bond donors (Lipinski definition) is 2. The van der Waals surface area contributed by atoms with Crippen LogP contribution in [0.3, 0.4) is 0 Å². The van der Waals surface area contributed by atoms with Gasteiger partial charge in [0.25, 0.3) is 0 Å². The molecule has 3 N–H and O–H groups in total. The second kappa shape index (κ2) is 10.1. The smallest absolute Gasteiger partial charge is 0.209 e. The highest BCUT2D eigenvalue weighted by molar-refractivity contribution is 5.98. The lowest BCUT2D eigenvalue weighted by Crippen LogP contribution is -2.46. The van der Waals surface area contributed by atoms with Crippen molar-refractivity contribution in [3.63, 3.8) is 0 Å². The number of nitriles is 1. The molecule has 3 heterocycles. The molecule has 5 rings (SSSR count). The highest BCUT2D eigenvalue weighted by Gasteiger charge is 2.28. The molecule has 12 heteroatoms. The van der Waals surface area contributed by atoms with E-state index in [2.05, 4.69) is 20.3 Å². The van der Waals surface area contributed by atoms with Gasteiger partial charge >= 0.3 is 0 Å². The maximum atomic E-state index is 15.4. The molecule has 0 saturated carbocycles. The van der Waals surface area contributed by atoms with Crippen molar-refractivity contribution in [2.45, 2.75) is 18.9 Å². The van der Waals surface area contributed by atoms with Crippen LogP contribution in [0.25, 0.3) is 22.3 Å². The zero-order valence-electron chi connectivity index (χ0n) is 19.9. The topological polar surface area (TPSA) is 130 Å². The second-order valence-corrected chi connectivity index (χ2v) is 8.45. The molecular weight excluding hydrogens is 480 g/mol. The fraction of sp³-hybridized carbons (Fsp3) is 0.240. The van der Waals surface area contributed by atoms with Gasteiger partial charge in [-0.05, 0) is 37.1 Å². The number of nitrogens with two attached hydrogens (primary N) is 1. The quantitative estimate of drug-likeness (QED) is 0.244. The van der Waals surface area contributed by atoms with Crippen molar-refractivity contribution >= 4 is 22.8 Å². The van der Waals surface area contributed by atoms with Gasteiger partial charge in [0.05, 0.1) is 11.4 Å². The van der Waals surface area contributed by atoms with Crippen LogP contribution in [-0.4, -0.2) is 50.7 Å². The molecule has 10 nitrogen and oxygen atoms in total. The molecule has 0 bridgehead atoms. The first kappa shape index (κ1) is 23.9. The predicted octanol–water partition coefficient (Wildman–Crippen LogP) is 3.84. The molecule has 1 atom stereocenters. The van der Waals surface area contributed by atoms with Gasteiger partial charge in [0, 0.05) is 31.8 Å². The summed E-state index contributed by atoms with van der Waals surface area (Å²) in [4.78, 5) is 14.3. The lowest BCUT2D eigenvalue weighted by atomic mass is 10.1. The number of aromatic nitrogens is 4. The Hall–Kier alpha value is -4.79. The molecule has 1 aliphatic heterocycles. The summed E-state index contributed by atoms with van der Waals surface area (Å²) in [6, 6.07) is 9.98. The minimum absolute atomic E-state index is 0.00949. The van der Waals surface area contributed by atoms with E-state index in [1.54, 1.807) is 23.9 Å². The third-order valence-corrected chi connectivity index (χ3v) is 6.20. The molecule has 37 heavy (non-hydrogen) atoms. The lowest BCUT2D eigenvalue weighted by Gasteiger charge is -2.34. The number of nitrogens with one attached hydrogen (secondary N) is 1. The molecule has 188 valence electrons. The number of rotatable bonds is 4. The first-order valence-electron chi connectivity index (χ1n) is 11.6. The van der Waals surface area contributed by atoms with Crippen LogP contribution in [0.2, 0.25) is 0 Å². The number of anilines is 1. The summed E-state index contributed by atoms with van der Waals surface area (Å²) >= 11 is 0. The minimum atomic E-state index is -0.618. The Bertz CT molecular complexity index is 1530. The van der Waals surface area contributed by atoms with Gasteiger partial charge < -0.3 is 20.7 Å². The minimum Gasteiger partial charge on any atom is -0.454 e. The molecule has 1 saturated heterocycles. The van der Waals surface area contributed by atoms with Crippen molar-refractivity contribution in [3.8, 4) is 28.9 Å². The lowest BCUT2D eigenvalue weighted by molar-refractivity contribution is 0.245. The molecule has 2 aromatic carbocycles. The largest absolute Gasteiger partial charge is 0.454 e. The number of benzene rings is 2. The maximum Gasteiger partial charge on any atom is 0.209 e. The number of aliphatic imine (C=N–C) groups is 1. The SMILES string of the molecule is CNC(=NC#N)N1CCCC(n2nc(-c3ccc(Oc4ccccc4F)cc3F)c3c(N)ncnc32)C1. The van der Waals surface area contributed by atoms with E-state index in [1.807, 2.05) is 11.1 Å². The third kappa shape index (κ3) is 4.58. The highest BCUT2D eigenvalue weighted by Crippen LogP contribution is 2.36. The van der Waals surface area contributed by atoms with Crippen LogP contribution in [0.1, 0.15) is 18.9 Å². The molecule has 1 aliphatic rings. The van der Waals surface area contributed by atoms with Crippen LogP contribution < -0.4 is 15.8 Å². The number of likely N-dealkylation sites (tertiary alicyclic amines) is 1. The van der Waals surface area contributed by atoms with Gasteiger partial charge in [-0.15, -0.1) is 4.99 Å². The Morgan fingerprint density at radius 3 is 2.81 bits per heavy atom. The Labute approximate surface area is 211 Å². The monoisotopic (exact) mass is 503 g/mol. The van der Waals surface area contributed by atoms with E-state index in [1.165, 1.54) is 36.7 Å². The molecule has 0 aliphatic carbocycles. The fourth-order valence-electron chi connectivity index (χ4n) is 4.52. The molecule has 1 unspecified atom stereocenters. The zero-order chi connectivity index (χ0) is 25.9. The molecule has 0 radical (unpaired) electrons. The van der Waals surface area contributed by atoms with E-state index in [-0.39, 0.29) is 28.9 Å².